The van der Waals surface area contributed by atoms with Gasteiger partial charge in [-0.25, -0.2) is 9.97 Å². The molecule has 3 atom stereocenters. The molecule has 1 aliphatic heterocycles. The molecule has 188 valence electrons. The zero-order valence-electron chi connectivity index (χ0n) is 20.8. The maximum absolute atomic E-state index is 9.96. The van der Waals surface area contributed by atoms with Crippen LogP contribution in [-0.2, 0) is 4.74 Å². The summed E-state index contributed by atoms with van der Waals surface area (Å²) in [6, 6.07) is 7.83. The highest BCUT2D eigenvalue weighted by Crippen LogP contribution is 2.30. The number of likely N-dealkylation sites (N-methyl/N-ethyl adjacent to an activating group) is 1. The van der Waals surface area contributed by atoms with Crippen LogP contribution in [0.4, 0.5) is 11.6 Å². The summed E-state index contributed by atoms with van der Waals surface area (Å²) in [5.41, 5.74) is 1.81. The molecule has 0 bridgehead atoms. The number of nitrogens with zero attached hydrogens (tertiary/aromatic N) is 3. The maximum Gasteiger partial charge on any atom is 0.164 e. The summed E-state index contributed by atoms with van der Waals surface area (Å²) in [4.78, 5) is 12.0. The molecule has 1 saturated heterocycles. The third kappa shape index (κ3) is 7.27. The van der Waals surface area contributed by atoms with E-state index < -0.39 is 6.10 Å². The van der Waals surface area contributed by atoms with Crippen LogP contribution >= 0.6 is 0 Å². The molecule has 4 N–H and O–H groups in total. The van der Waals surface area contributed by atoms with Crippen LogP contribution in [0.25, 0.3) is 11.4 Å². The summed E-state index contributed by atoms with van der Waals surface area (Å²) < 4.78 is 11.3. The predicted molar refractivity (Wildman–Crippen MR) is 135 cm³/mol. The van der Waals surface area contributed by atoms with Gasteiger partial charge in [-0.3, -0.25) is 0 Å². The summed E-state index contributed by atoms with van der Waals surface area (Å²) >= 11 is 0. The Morgan fingerprint density at radius 3 is 2.79 bits per heavy atom. The van der Waals surface area contributed by atoms with Crippen molar-refractivity contribution in [3.63, 3.8) is 0 Å². The first-order chi connectivity index (χ1) is 16.4. The zero-order valence-corrected chi connectivity index (χ0v) is 20.8. The molecule has 1 aromatic heterocycles. The molecule has 0 aliphatic carbocycles. The first-order valence-corrected chi connectivity index (χ1v) is 12.1. The largest absolute Gasteiger partial charge is 0.491 e. The van der Waals surface area contributed by atoms with Gasteiger partial charge in [-0.1, -0.05) is 12.1 Å². The Kier molecular flexibility index (Phi) is 9.88. The second kappa shape index (κ2) is 12.9. The van der Waals surface area contributed by atoms with E-state index in [1.54, 1.807) is 14.0 Å². The normalized spacial score (nSPS) is 17.4. The summed E-state index contributed by atoms with van der Waals surface area (Å²) in [5, 5.41) is 26.3. The Balaban J connectivity index is 1.93. The Morgan fingerprint density at radius 2 is 2.12 bits per heavy atom. The van der Waals surface area contributed by atoms with E-state index >= 15 is 0 Å². The minimum atomic E-state index is -0.590. The van der Waals surface area contributed by atoms with Crippen molar-refractivity contribution in [1.29, 1.82) is 0 Å². The maximum atomic E-state index is 9.96. The van der Waals surface area contributed by atoms with Crippen molar-refractivity contribution in [3.8, 4) is 17.1 Å². The summed E-state index contributed by atoms with van der Waals surface area (Å²) in [7, 11) is 1.79. The van der Waals surface area contributed by atoms with Crippen LogP contribution in [0.15, 0.2) is 24.3 Å². The van der Waals surface area contributed by atoms with Crippen molar-refractivity contribution in [2.45, 2.75) is 51.9 Å². The highest BCUT2D eigenvalue weighted by Gasteiger charge is 2.21. The van der Waals surface area contributed by atoms with Gasteiger partial charge in [0.25, 0.3) is 0 Å². The van der Waals surface area contributed by atoms with Gasteiger partial charge in [0, 0.05) is 37.4 Å². The molecule has 1 fully saturated rings. The second-order valence-electron chi connectivity index (χ2n) is 8.82. The minimum absolute atomic E-state index is 0.196. The zero-order chi connectivity index (χ0) is 24.5. The lowest BCUT2D eigenvalue weighted by Gasteiger charge is -2.26. The van der Waals surface area contributed by atoms with Gasteiger partial charge in [0.15, 0.2) is 5.82 Å². The lowest BCUT2D eigenvalue weighted by molar-refractivity contribution is 0.108. The quantitative estimate of drug-likeness (QED) is 0.348. The number of ether oxygens (including phenoxy) is 2. The van der Waals surface area contributed by atoms with E-state index in [1.807, 2.05) is 31.2 Å². The third-order valence-corrected chi connectivity index (χ3v) is 5.86. The SMILES string of the molecule is CCN(CCC(C)O)c1nc(-c2cccc(OCC(O)CNC)c2)nc(NC2CCOC2)c1C. The van der Waals surface area contributed by atoms with E-state index in [0.717, 1.165) is 42.3 Å². The molecule has 0 radical (unpaired) electrons. The number of rotatable bonds is 13. The first kappa shape index (κ1) is 26.2. The summed E-state index contributed by atoms with van der Waals surface area (Å²) in [6.45, 7) is 9.45. The molecule has 3 rings (SSSR count). The molecule has 0 saturated carbocycles. The number of nitrogens with one attached hydrogen (secondary N) is 2. The molecule has 2 aromatic rings. The van der Waals surface area contributed by atoms with Gasteiger partial charge in [0.1, 0.15) is 30.1 Å². The van der Waals surface area contributed by atoms with Crippen LogP contribution in [0.3, 0.4) is 0 Å². The van der Waals surface area contributed by atoms with Gasteiger partial charge in [-0.2, -0.15) is 0 Å². The molecule has 3 unspecified atom stereocenters. The fourth-order valence-electron chi connectivity index (χ4n) is 3.89. The van der Waals surface area contributed by atoms with E-state index in [0.29, 0.717) is 37.7 Å². The van der Waals surface area contributed by atoms with Crippen molar-refractivity contribution < 1.29 is 19.7 Å². The standard InChI is InChI=1S/C25H39N5O4/c1-5-30(11-9-17(2)31)25-18(3)23(27-20-10-12-33-15-20)28-24(29-25)19-7-6-8-22(13-19)34-16-21(32)14-26-4/h6-8,13,17,20-21,26,31-32H,5,9-12,14-16H2,1-4H3,(H,27,28,29). The molecule has 34 heavy (non-hydrogen) atoms. The van der Waals surface area contributed by atoms with Gasteiger partial charge in [0.2, 0.25) is 0 Å². The van der Waals surface area contributed by atoms with Gasteiger partial charge in [-0.05, 0) is 52.8 Å². The highest BCUT2D eigenvalue weighted by atomic mass is 16.5. The van der Waals surface area contributed by atoms with Crippen LogP contribution in [0.2, 0.25) is 0 Å². The average molecular weight is 474 g/mol. The predicted octanol–water partition coefficient (Wildman–Crippen LogP) is 2.21. The van der Waals surface area contributed by atoms with Crippen LogP contribution in [-0.4, -0.2) is 84.9 Å². The van der Waals surface area contributed by atoms with Crippen LogP contribution < -0.4 is 20.3 Å². The van der Waals surface area contributed by atoms with Gasteiger partial charge in [-0.15, -0.1) is 0 Å². The third-order valence-electron chi connectivity index (χ3n) is 5.86. The van der Waals surface area contributed by atoms with E-state index in [4.69, 9.17) is 19.4 Å². The molecular formula is C25H39N5O4. The van der Waals surface area contributed by atoms with E-state index in [2.05, 4.69) is 22.5 Å². The molecule has 1 aliphatic rings. The molecular weight excluding hydrogens is 434 g/mol. The number of aliphatic hydroxyl groups excluding tert-OH is 2. The topological polar surface area (TPSA) is 112 Å². The second-order valence-corrected chi connectivity index (χ2v) is 8.82. The van der Waals surface area contributed by atoms with Crippen molar-refractivity contribution >= 4 is 11.6 Å². The monoisotopic (exact) mass is 473 g/mol. The lowest BCUT2D eigenvalue weighted by atomic mass is 10.1. The van der Waals surface area contributed by atoms with Crippen molar-refractivity contribution in [3.05, 3.63) is 29.8 Å². The van der Waals surface area contributed by atoms with E-state index in [9.17, 15) is 10.2 Å². The van der Waals surface area contributed by atoms with Crippen LogP contribution in [0.5, 0.6) is 5.75 Å². The van der Waals surface area contributed by atoms with Gasteiger partial charge in [0.05, 0.1) is 18.8 Å². The van der Waals surface area contributed by atoms with Crippen LogP contribution in [0, 0.1) is 6.92 Å². The fourth-order valence-corrected chi connectivity index (χ4v) is 3.89. The van der Waals surface area contributed by atoms with Gasteiger partial charge < -0.3 is 35.2 Å². The molecule has 1 aromatic carbocycles. The van der Waals surface area contributed by atoms with E-state index in [1.165, 1.54) is 0 Å². The average Bonchev–Trinajstić information content (AvgIpc) is 3.33. The minimum Gasteiger partial charge on any atom is -0.491 e. The Bertz CT molecular complexity index is 905. The number of hydrogen-bond donors (Lipinski definition) is 4. The number of aliphatic hydroxyl groups is 2. The van der Waals surface area contributed by atoms with Crippen LogP contribution in [0.1, 0.15) is 32.3 Å². The molecule has 2 heterocycles. The van der Waals surface area contributed by atoms with Gasteiger partial charge >= 0.3 is 0 Å². The van der Waals surface area contributed by atoms with Crippen molar-refractivity contribution in [2.75, 3.05) is 56.7 Å². The Morgan fingerprint density at radius 1 is 1.29 bits per heavy atom. The molecule has 0 amide bonds. The fraction of sp³-hybridized carbons (Fsp3) is 0.600. The number of aromatic nitrogens is 2. The summed E-state index contributed by atoms with van der Waals surface area (Å²) in [6.07, 6.45) is 0.624. The lowest BCUT2D eigenvalue weighted by Crippen LogP contribution is -2.29. The van der Waals surface area contributed by atoms with Crippen molar-refractivity contribution in [2.24, 2.45) is 0 Å². The molecule has 9 nitrogen and oxygen atoms in total. The Hall–Kier alpha value is -2.46. The molecule has 9 heteroatoms. The highest BCUT2D eigenvalue weighted by molar-refractivity contribution is 5.67. The Labute approximate surface area is 202 Å². The first-order valence-electron chi connectivity index (χ1n) is 12.1. The van der Waals surface area contributed by atoms with E-state index in [-0.39, 0.29) is 18.8 Å². The smallest absolute Gasteiger partial charge is 0.164 e. The number of benzene rings is 1. The number of anilines is 2. The molecule has 0 spiro atoms. The number of hydrogen-bond acceptors (Lipinski definition) is 9. The van der Waals surface area contributed by atoms with Crippen molar-refractivity contribution in [1.82, 2.24) is 15.3 Å². The summed E-state index contributed by atoms with van der Waals surface area (Å²) in [5.74, 6) is 2.89.